The number of anilines is 2. The van der Waals surface area contributed by atoms with Crippen molar-refractivity contribution in [2.45, 2.75) is 37.0 Å². The van der Waals surface area contributed by atoms with Crippen LogP contribution in [0, 0.1) is 0 Å². The Kier molecular flexibility index (Phi) is 4.05. The minimum atomic E-state index is -0.147. The van der Waals surface area contributed by atoms with Crippen LogP contribution in [0.2, 0.25) is 0 Å². The summed E-state index contributed by atoms with van der Waals surface area (Å²) in [5, 5.41) is 4.52. The van der Waals surface area contributed by atoms with Gasteiger partial charge in [0.25, 0.3) is 5.56 Å². The number of rotatable bonds is 3. The fourth-order valence-electron chi connectivity index (χ4n) is 2.94. The third-order valence-corrected chi connectivity index (χ3v) is 5.23. The second kappa shape index (κ2) is 5.97. The van der Waals surface area contributed by atoms with Gasteiger partial charge in [-0.15, -0.1) is 0 Å². The molecular weight excluding hydrogens is 284 g/mol. The van der Waals surface area contributed by atoms with E-state index in [1.165, 1.54) is 19.3 Å². The van der Waals surface area contributed by atoms with Crippen LogP contribution in [0.3, 0.4) is 0 Å². The highest BCUT2D eigenvalue weighted by Gasteiger charge is 2.24. The summed E-state index contributed by atoms with van der Waals surface area (Å²) in [6.07, 6.45) is 6.99. The van der Waals surface area contributed by atoms with E-state index in [2.05, 4.69) is 21.5 Å². The number of benzene rings is 1. The van der Waals surface area contributed by atoms with Gasteiger partial charge in [0, 0.05) is 17.0 Å². The Morgan fingerprint density at radius 1 is 1.38 bits per heavy atom. The molecule has 0 spiro atoms. The number of aromatic amines is 1. The molecule has 1 heterocycles. The number of H-pyrrole nitrogens is 1. The Hall–Kier alpha value is -1.69. The molecule has 2 aromatic rings. The van der Waals surface area contributed by atoms with Gasteiger partial charge in [0.05, 0.1) is 10.9 Å². The highest BCUT2D eigenvalue weighted by atomic mass is 32.2. The van der Waals surface area contributed by atoms with Gasteiger partial charge in [-0.2, -0.15) is 11.8 Å². The molecular formula is C15H20N4OS. The SMILES string of the molecule is CSC1CCCCC1Nc1nc2ccc(N)cc2c(=O)[nH]1. The topological polar surface area (TPSA) is 83.8 Å². The summed E-state index contributed by atoms with van der Waals surface area (Å²) in [5.41, 5.74) is 6.82. The van der Waals surface area contributed by atoms with Crippen molar-refractivity contribution in [2.75, 3.05) is 17.3 Å². The maximum atomic E-state index is 12.1. The van der Waals surface area contributed by atoms with Gasteiger partial charge >= 0.3 is 0 Å². The van der Waals surface area contributed by atoms with Crippen LogP contribution in [0.25, 0.3) is 10.9 Å². The van der Waals surface area contributed by atoms with Crippen molar-refractivity contribution in [3.05, 3.63) is 28.6 Å². The molecule has 2 unspecified atom stereocenters. The maximum Gasteiger partial charge on any atom is 0.260 e. The predicted molar refractivity (Wildman–Crippen MR) is 90.0 cm³/mol. The summed E-state index contributed by atoms with van der Waals surface area (Å²) in [6, 6.07) is 5.58. The molecule has 0 radical (unpaired) electrons. The number of hydrogen-bond donors (Lipinski definition) is 3. The lowest BCUT2D eigenvalue weighted by molar-refractivity contribution is 0.473. The monoisotopic (exact) mass is 304 g/mol. The number of hydrogen-bond acceptors (Lipinski definition) is 5. The average Bonchev–Trinajstić information content (AvgIpc) is 2.49. The molecule has 0 saturated heterocycles. The minimum absolute atomic E-state index is 0.147. The molecule has 112 valence electrons. The summed E-state index contributed by atoms with van der Waals surface area (Å²) >= 11 is 1.88. The zero-order chi connectivity index (χ0) is 14.8. The number of fused-ring (bicyclic) bond motifs is 1. The number of nitrogen functional groups attached to an aromatic ring is 1. The van der Waals surface area contributed by atoms with E-state index < -0.39 is 0 Å². The zero-order valence-corrected chi connectivity index (χ0v) is 12.9. The highest BCUT2D eigenvalue weighted by Crippen LogP contribution is 2.28. The van der Waals surface area contributed by atoms with E-state index in [4.69, 9.17) is 5.73 Å². The Labute approximate surface area is 127 Å². The average molecular weight is 304 g/mol. The second-order valence-electron chi connectivity index (χ2n) is 5.50. The molecule has 4 N–H and O–H groups in total. The van der Waals surface area contributed by atoms with E-state index in [0.29, 0.717) is 33.8 Å². The maximum absolute atomic E-state index is 12.1. The van der Waals surface area contributed by atoms with Gasteiger partial charge in [0.1, 0.15) is 0 Å². The Morgan fingerprint density at radius 3 is 3.00 bits per heavy atom. The third kappa shape index (κ3) is 3.00. The highest BCUT2D eigenvalue weighted by molar-refractivity contribution is 7.99. The van der Waals surface area contributed by atoms with Crippen LogP contribution in [0.5, 0.6) is 0 Å². The molecule has 1 aromatic heterocycles. The third-order valence-electron chi connectivity index (χ3n) is 4.06. The van der Waals surface area contributed by atoms with Gasteiger partial charge in [-0.05, 0) is 37.3 Å². The quantitative estimate of drug-likeness (QED) is 0.759. The van der Waals surface area contributed by atoms with Crippen LogP contribution < -0.4 is 16.6 Å². The fourth-order valence-corrected chi connectivity index (χ4v) is 3.88. The van der Waals surface area contributed by atoms with Gasteiger partial charge in [-0.3, -0.25) is 9.78 Å². The minimum Gasteiger partial charge on any atom is -0.399 e. The van der Waals surface area contributed by atoms with Crippen molar-refractivity contribution in [3.8, 4) is 0 Å². The van der Waals surface area contributed by atoms with E-state index in [0.717, 1.165) is 6.42 Å². The number of aromatic nitrogens is 2. The summed E-state index contributed by atoms with van der Waals surface area (Å²) < 4.78 is 0. The van der Waals surface area contributed by atoms with E-state index in [-0.39, 0.29) is 5.56 Å². The van der Waals surface area contributed by atoms with E-state index in [9.17, 15) is 4.79 Å². The molecule has 0 bridgehead atoms. The van der Waals surface area contributed by atoms with Gasteiger partial charge in [0.2, 0.25) is 5.95 Å². The van der Waals surface area contributed by atoms with Crippen LogP contribution in [0.1, 0.15) is 25.7 Å². The van der Waals surface area contributed by atoms with Crippen LogP contribution in [-0.2, 0) is 0 Å². The normalized spacial score (nSPS) is 22.3. The molecule has 1 aromatic carbocycles. The first-order chi connectivity index (χ1) is 10.2. The standard InChI is InChI=1S/C15H20N4OS/c1-21-13-5-3-2-4-12(13)18-15-17-11-7-6-9(16)8-10(11)14(20)19-15/h6-8,12-13H,2-5,16H2,1H3,(H2,17,18,19,20). The summed E-state index contributed by atoms with van der Waals surface area (Å²) in [4.78, 5) is 19.5. The molecule has 21 heavy (non-hydrogen) atoms. The summed E-state index contributed by atoms with van der Waals surface area (Å²) in [6.45, 7) is 0. The van der Waals surface area contributed by atoms with E-state index in [1.54, 1.807) is 18.2 Å². The lowest BCUT2D eigenvalue weighted by Gasteiger charge is -2.31. The van der Waals surface area contributed by atoms with Crippen LogP contribution in [0.4, 0.5) is 11.6 Å². The molecule has 1 fully saturated rings. The van der Waals surface area contributed by atoms with Gasteiger partial charge in [0.15, 0.2) is 0 Å². The molecule has 1 aliphatic rings. The van der Waals surface area contributed by atoms with Crippen molar-refractivity contribution < 1.29 is 0 Å². The fraction of sp³-hybridized carbons (Fsp3) is 0.467. The first kappa shape index (κ1) is 14.3. The molecule has 5 nitrogen and oxygen atoms in total. The molecule has 1 saturated carbocycles. The van der Waals surface area contributed by atoms with Gasteiger partial charge in [-0.25, -0.2) is 4.98 Å². The first-order valence-electron chi connectivity index (χ1n) is 7.26. The van der Waals surface area contributed by atoms with E-state index >= 15 is 0 Å². The largest absolute Gasteiger partial charge is 0.399 e. The lowest BCUT2D eigenvalue weighted by atomic mass is 9.95. The van der Waals surface area contributed by atoms with Crippen LogP contribution in [0.15, 0.2) is 23.0 Å². The summed E-state index contributed by atoms with van der Waals surface area (Å²) in [5.74, 6) is 0.559. The Balaban J connectivity index is 1.90. The first-order valence-corrected chi connectivity index (χ1v) is 8.55. The smallest absolute Gasteiger partial charge is 0.260 e. The molecule has 6 heteroatoms. The number of thioether (sulfide) groups is 1. The van der Waals surface area contributed by atoms with Crippen LogP contribution in [-0.4, -0.2) is 27.5 Å². The van der Waals surface area contributed by atoms with Gasteiger partial charge in [-0.1, -0.05) is 12.8 Å². The molecule has 2 atom stereocenters. The van der Waals surface area contributed by atoms with Crippen molar-refractivity contribution in [1.29, 1.82) is 0 Å². The van der Waals surface area contributed by atoms with Crippen LogP contribution >= 0.6 is 11.8 Å². The van der Waals surface area contributed by atoms with Crippen molar-refractivity contribution >= 4 is 34.3 Å². The molecule has 3 rings (SSSR count). The number of nitrogens with one attached hydrogen (secondary N) is 2. The van der Waals surface area contributed by atoms with Crippen molar-refractivity contribution in [1.82, 2.24) is 9.97 Å². The van der Waals surface area contributed by atoms with Gasteiger partial charge < -0.3 is 11.1 Å². The van der Waals surface area contributed by atoms with Crippen molar-refractivity contribution in [3.63, 3.8) is 0 Å². The second-order valence-corrected chi connectivity index (χ2v) is 6.58. The summed E-state index contributed by atoms with van der Waals surface area (Å²) in [7, 11) is 0. The Bertz CT molecular complexity index is 700. The Morgan fingerprint density at radius 2 is 2.19 bits per heavy atom. The predicted octanol–water partition coefficient (Wildman–Crippen LogP) is 2.59. The number of nitrogens with zero attached hydrogens (tertiary/aromatic N) is 1. The van der Waals surface area contributed by atoms with E-state index in [1.807, 2.05) is 11.8 Å². The zero-order valence-electron chi connectivity index (χ0n) is 12.1. The molecule has 0 aliphatic heterocycles. The van der Waals surface area contributed by atoms with Crippen molar-refractivity contribution in [2.24, 2.45) is 0 Å². The molecule has 0 amide bonds. The molecule has 1 aliphatic carbocycles. The number of nitrogens with two attached hydrogens (primary N) is 1. The lowest BCUT2D eigenvalue weighted by Crippen LogP contribution is -2.35.